The van der Waals surface area contributed by atoms with Crippen LogP contribution in [0.2, 0.25) is 0 Å². The zero-order valence-electron chi connectivity index (χ0n) is 48.7. The van der Waals surface area contributed by atoms with Gasteiger partial charge >= 0.3 is 5.97 Å². The van der Waals surface area contributed by atoms with Crippen LogP contribution in [0.25, 0.3) is 0 Å². The standard InChI is InChI=1S/C66H127NO5/c1-3-5-7-9-11-13-15-16-32-35-39-42-46-50-54-58-64(69)63(62-68)67-65(70)59-55-51-47-43-40-36-33-30-28-26-24-22-20-18-17-19-21-23-25-27-29-31-34-37-41-45-49-53-57-61-72-66(71)60-56-52-48-44-38-14-12-10-8-6-4-2/h10,12,54,58,63-64,68-69H,3-9,11,13-53,55-57,59-62H2,1-2H3,(H,67,70)/b12-10-,58-54+. The number of rotatable bonds is 61. The van der Waals surface area contributed by atoms with Crippen molar-refractivity contribution >= 4 is 11.9 Å². The molecule has 0 aromatic carbocycles. The summed E-state index contributed by atoms with van der Waals surface area (Å²) in [5.74, 6) is -0.0542. The van der Waals surface area contributed by atoms with Crippen LogP contribution in [0.15, 0.2) is 24.3 Å². The molecule has 0 aliphatic heterocycles. The normalized spacial score (nSPS) is 12.7. The molecule has 0 aromatic heterocycles. The summed E-state index contributed by atoms with van der Waals surface area (Å²) in [6.07, 6.45) is 76.7. The van der Waals surface area contributed by atoms with Gasteiger partial charge in [0.15, 0.2) is 0 Å². The monoisotopic (exact) mass is 1010 g/mol. The minimum Gasteiger partial charge on any atom is -0.466 e. The lowest BCUT2D eigenvalue weighted by Gasteiger charge is -2.20. The Morgan fingerprint density at radius 1 is 0.375 bits per heavy atom. The van der Waals surface area contributed by atoms with Crippen molar-refractivity contribution in [3.63, 3.8) is 0 Å². The van der Waals surface area contributed by atoms with Crippen LogP contribution in [0.1, 0.15) is 361 Å². The summed E-state index contributed by atoms with van der Waals surface area (Å²) >= 11 is 0. The molecule has 1 amide bonds. The molecule has 0 radical (unpaired) electrons. The van der Waals surface area contributed by atoms with Crippen molar-refractivity contribution in [1.82, 2.24) is 5.32 Å². The molecule has 0 aromatic rings. The average Bonchev–Trinajstić information content (AvgIpc) is 3.38. The van der Waals surface area contributed by atoms with Crippen molar-refractivity contribution in [3.05, 3.63) is 24.3 Å². The summed E-state index contributed by atoms with van der Waals surface area (Å²) in [6.45, 7) is 4.89. The molecule has 6 heteroatoms. The first-order valence-electron chi connectivity index (χ1n) is 32.6. The lowest BCUT2D eigenvalue weighted by atomic mass is 10.0. The van der Waals surface area contributed by atoms with Crippen LogP contribution in [0, 0.1) is 0 Å². The fourth-order valence-corrected chi connectivity index (χ4v) is 10.2. The fourth-order valence-electron chi connectivity index (χ4n) is 10.2. The van der Waals surface area contributed by atoms with E-state index in [1.807, 2.05) is 6.08 Å². The van der Waals surface area contributed by atoms with Gasteiger partial charge in [-0.05, 0) is 51.4 Å². The zero-order valence-corrected chi connectivity index (χ0v) is 48.7. The van der Waals surface area contributed by atoms with E-state index in [0.717, 1.165) is 44.9 Å². The Bertz CT molecular complexity index is 1120. The van der Waals surface area contributed by atoms with E-state index in [9.17, 15) is 19.8 Å². The van der Waals surface area contributed by atoms with Crippen molar-refractivity contribution in [2.24, 2.45) is 0 Å². The van der Waals surface area contributed by atoms with Crippen LogP contribution in [0.3, 0.4) is 0 Å². The number of unbranched alkanes of at least 4 members (excludes halogenated alkanes) is 48. The second-order valence-corrected chi connectivity index (χ2v) is 22.5. The minimum atomic E-state index is -0.841. The maximum absolute atomic E-state index is 12.5. The first-order chi connectivity index (χ1) is 35.5. The summed E-state index contributed by atoms with van der Waals surface area (Å²) in [5.41, 5.74) is 0. The Morgan fingerprint density at radius 3 is 1.03 bits per heavy atom. The second-order valence-electron chi connectivity index (χ2n) is 22.5. The van der Waals surface area contributed by atoms with Gasteiger partial charge in [0.05, 0.1) is 25.4 Å². The van der Waals surface area contributed by atoms with E-state index in [-0.39, 0.29) is 18.5 Å². The summed E-state index contributed by atoms with van der Waals surface area (Å²) in [4.78, 5) is 24.5. The van der Waals surface area contributed by atoms with Gasteiger partial charge in [0, 0.05) is 12.8 Å². The number of amides is 1. The number of nitrogens with one attached hydrogen (secondary N) is 1. The van der Waals surface area contributed by atoms with E-state index in [1.54, 1.807) is 6.08 Å². The second kappa shape index (κ2) is 61.9. The first kappa shape index (κ1) is 70.3. The predicted octanol–water partition coefficient (Wildman–Crippen LogP) is 20.6. The summed E-state index contributed by atoms with van der Waals surface area (Å²) in [6, 6.07) is -0.624. The summed E-state index contributed by atoms with van der Waals surface area (Å²) in [7, 11) is 0. The van der Waals surface area contributed by atoms with E-state index in [1.165, 1.54) is 289 Å². The molecule has 0 fully saturated rings. The lowest BCUT2D eigenvalue weighted by molar-refractivity contribution is -0.143. The zero-order chi connectivity index (χ0) is 52.2. The molecule has 0 bridgehead atoms. The van der Waals surface area contributed by atoms with Gasteiger partial charge in [0.25, 0.3) is 0 Å². The molecule has 6 nitrogen and oxygen atoms in total. The number of carbonyl (C=O) groups is 2. The van der Waals surface area contributed by atoms with Crippen molar-refractivity contribution in [2.45, 2.75) is 373 Å². The van der Waals surface area contributed by atoms with Crippen LogP contribution in [0.5, 0.6) is 0 Å². The van der Waals surface area contributed by atoms with E-state index in [4.69, 9.17) is 4.74 Å². The van der Waals surface area contributed by atoms with Gasteiger partial charge in [-0.3, -0.25) is 9.59 Å². The Labute approximate surface area is 450 Å². The van der Waals surface area contributed by atoms with Crippen LogP contribution >= 0.6 is 0 Å². The first-order valence-corrected chi connectivity index (χ1v) is 32.6. The SMILES string of the molecule is CCCC/C=C\CCCCCCCC(=O)OCCCCCCCCCCCCCCCCCCCCCCCCCCCCCCCC(=O)NC(CO)C(O)/C=C/CCCCCCCCCCCCCCC. The largest absolute Gasteiger partial charge is 0.466 e. The maximum Gasteiger partial charge on any atom is 0.305 e. The Hall–Kier alpha value is -1.66. The van der Waals surface area contributed by atoms with Gasteiger partial charge in [0.1, 0.15) is 0 Å². The molecule has 0 saturated carbocycles. The van der Waals surface area contributed by atoms with Crippen LogP contribution in [-0.4, -0.2) is 47.4 Å². The van der Waals surface area contributed by atoms with E-state index < -0.39 is 12.1 Å². The van der Waals surface area contributed by atoms with E-state index >= 15 is 0 Å². The quantitative estimate of drug-likeness (QED) is 0.0320. The van der Waals surface area contributed by atoms with Crippen molar-refractivity contribution in [1.29, 1.82) is 0 Å². The molecule has 3 N–H and O–H groups in total. The molecule has 2 unspecified atom stereocenters. The number of ether oxygens (including phenoxy) is 1. The Morgan fingerprint density at radius 2 is 0.667 bits per heavy atom. The molecule has 0 heterocycles. The minimum absolute atomic E-state index is 0.00825. The van der Waals surface area contributed by atoms with Gasteiger partial charge in [-0.15, -0.1) is 0 Å². The lowest BCUT2D eigenvalue weighted by Crippen LogP contribution is -2.45. The van der Waals surface area contributed by atoms with Gasteiger partial charge in [-0.1, -0.05) is 321 Å². The van der Waals surface area contributed by atoms with Gasteiger partial charge in [-0.2, -0.15) is 0 Å². The van der Waals surface area contributed by atoms with Gasteiger partial charge < -0.3 is 20.3 Å². The summed E-state index contributed by atoms with van der Waals surface area (Å²) < 4.78 is 5.46. The number of hydrogen-bond acceptors (Lipinski definition) is 5. The average molecular weight is 1010 g/mol. The van der Waals surface area contributed by atoms with Crippen molar-refractivity contribution in [3.8, 4) is 0 Å². The van der Waals surface area contributed by atoms with Gasteiger partial charge in [-0.25, -0.2) is 0 Å². The Kier molecular flexibility index (Phi) is 60.5. The van der Waals surface area contributed by atoms with Crippen molar-refractivity contribution < 1.29 is 24.5 Å². The maximum atomic E-state index is 12.5. The molecule has 2 atom stereocenters. The van der Waals surface area contributed by atoms with Gasteiger partial charge in [0.2, 0.25) is 5.91 Å². The number of aliphatic hydroxyl groups is 2. The molecule has 0 rings (SSSR count). The van der Waals surface area contributed by atoms with Crippen molar-refractivity contribution in [2.75, 3.05) is 13.2 Å². The predicted molar refractivity (Wildman–Crippen MR) is 315 cm³/mol. The highest BCUT2D eigenvalue weighted by molar-refractivity contribution is 5.76. The highest BCUT2D eigenvalue weighted by Crippen LogP contribution is 2.18. The van der Waals surface area contributed by atoms with E-state index in [2.05, 4.69) is 31.3 Å². The summed E-state index contributed by atoms with van der Waals surface area (Å²) in [5, 5.41) is 23.1. The number of esters is 1. The van der Waals surface area contributed by atoms with Crippen LogP contribution < -0.4 is 5.32 Å². The van der Waals surface area contributed by atoms with Crippen LogP contribution in [0.4, 0.5) is 0 Å². The fraction of sp³-hybridized carbons (Fsp3) is 0.909. The smallest absolute Gasteiger partial charge is 0.305 e. The third kappa shape index (κ3) is 57.6. The molecule has 0 spiro atoms. The number of aliphatic hydroxyl groups excluding tert-OH is 2. The van der Waals surface area contributed by atoms with Crippen LogP contribution in [-0.2, 0) is 14.3 Å². The topological polar surface area (TPSA) is 95.9 Å². The molecule has 0 aliphatic carbocycles. The highest BCUT2D eigenvalue weighted by atomic mass is 16.5. The third-order valence-electron chi connectivity index (χ3n) is 15.2. The molecule has 426 valence electrons. The molecule has 0 saturated heterocycles. The molecular weight excluding hydrogens is 887 g/mol. The third-order valence-corrected chi connectivity index (χ3v) is 15.2. The number of allylic oxidation sites excluding steroid dienone is 3. The molecular formula is C66H127NO5. The van der Waals surface area contributed by atoms with E-state index in [0.29, 0.717) is 19.4 Å². The molecule has 72 heavy (non-hydrogen) atoms. The molecule has 0 aliphatic rings. The highest BCUT2D eigenvalue weighted by Gasteiger charge is 2.18. The Balaban J connectivity index is 3.35. The number of carbonyl (C=O) groups excluding carboxylic acids is 2. The number of hydrogen-bond donors (Lipinski definition) is 3.